The van der Waals surface area contributed by atoms with E-state index in [0.29, 0.717) is 18.1 Å². The number of hydrogen-bond donors (Lipinski definition) is 2. The van der Waals surface area contributed by atoms with Gasteiger partial charge in [-0.2, -0.15) is 0 Å². The summed E-state index contributed by atoms with van der Waals surface area (Å²) in [5.74, 6) is 2.00. The predicted molar refractivity (Wildman–Crippen MR) is 107 cm³/mol. The molecule has 0 aromatic carbocycles. The Balaban J connectivity index is 0.00000264. The van der Waals surface area contributed by atoms with Gasteiger partial charge in [-0.1, -0.05) is 32.1 Å². The summed E-state index contributed by atoms with van der Waals surface area (Å²) in [6.07, 6.45) is 10.0. The van der Waals surface area contributed by atoms with Gasteiger partial charge in [-0.05, 0) is 32.1 Å². The molecule has 2 fully saturated rings. The van der Waals surface area contributed by atoms with Gasteiger partial charge in [-0.15, -0.1) is 24.0 Å². The molecule has 2 rings (SSSR count). The Morgan fingerprint density at radius 1 is 1.09 bits per heavy atom. The Kier molecular flexibility index (Phi) is 9.80. The second-order valence-corrected chi connectivity index (χ2v) is 8.90. The summed E-state index contributed by atoms with van der Waals surface area (Å²) >= 11 is 0. The molecular formula is C16H32IN3O2S. The van der Waals surface area contributed by atoms with E-state index >= 15 is 0 Å². The molecule has 0 aromatic heterocycles. The van der Waals surface area contributed by atoms with Crippen LogP contribution in [0.4, 0.5) is 0 Å². The van der Waals surface area contributed by atoms with Crippen LogP contribution in [0.15, 0.2) is 4.99 Å². The van der Waals surface area contributed by atoms with E-state index in [2.05, 4.69) is 10.6 Å². The van der Waals surface area contributed by atoms with Gasteiger partial charge in [0.05, 0.1) is 11.5 Å². The van der Waals surface area contributed by atoms with Crippen molar-refractivity contribution in [1.82, 2.24) is 10.6 Å². The van der Waals surface area contributed by atoms with Crippen molar-refractivity contribution in [3.05, 3.63) is 0 Å². The van der Waals surface area contributed by atoms with Crippen molar-refractivity contribution in [3.8, 4) is 0 Å². The SMILES string of the molecule is CCNC(=NCC1CCCCCCC1)NC1CCS(=O)(=O)C1.I. The third-order valence-corrected chi connectivity index (χ3v) is 6.42. The molecule has 2 N–H and O–H groups in total. The van der Waals surface area contributed by atoms with E-state index in [1.165, 1.54) is 44.9 Å². The first-order valence-electron chi connectivity index (χ1n) is 8.84. The molecule has 0 amide bonds. The van der Waals surface area contributed by atoms with Gasteiger partial charge in [-0.3, -0.25) is 4.99 Å². The van der Waals surface area contributed by atoms with E-state index in [-0.39, 0.29) is 35.8 Å². The number of guanidine groups is 1. The maximum absolute atomic E-state index is 11.6. The smallest absolute Gasteiger partial charge is 0.191 e. The van der Waals surface area contributed by atoms with Gasteiger partial charge >= 0.3 is 0 Å². The van der Waals surface area contributed by atoms with E-state index in [1.807, 2.05) is 6.92 Å². The average Bonchev–Trinajstić information content (AvgIpc) is 2.77. The molecule has 5 nitrogen and oxygen atoms in total. The maximum atomic E-state index is 11.6. The van der Waals surface area contributed by atoms with Gasteiger partial charge in [0.1, 0.15) is 0 Å². The maximum Gasteiger partial charge on any atom is 0.191 e. The lowest BCUT2D eigenvalue weighted by atomic mass is 9.91. The number of nitrogens with one attached hydrogen (secondary N) is 2. The third-order valence-electron chi connectivity index (χ3n) is 4.65. The molecule has 1 heterocycles. The average molecular weight is 457 g/mol. The summed E-state index contributed by atoms with van der Waals surface area (Å²) in [4.78, 5) is 4.72. The fraction of sp³-hybridized carbons (Fsp3) is 0.938. The molecule has 136 valence electrons. The minimum Gasteiger partial charge on any atom is -0.357 e. The monoisotopic (exact) mass is 457 g/mol. The second-order valence-electron chi connectivity index (χ2n) is 6.68. The Labute approximate surface area is 158 Å². The van der Waals surface area contributed by atoms with Crippen molar-refractivity contribution in [3.63, 3.8) is 0 Å². The van der Waals surface area contributed by atoms with Crippen molar-refractivity contribution < 1.29 is 8.42 Å². The quantitative estimate of drug-likeness (QED) is 0.387. The van der Waals surface area contributed by atoms with Crippen LogP contribution in [0.25, 0.3) is 0 Å². The van der Waals surface area contributed by atoms with Gasteiger partial charge in [0.25, 0.3) is 0 Å². The zero-order chi connectivity index (χ0) is 15.8. The topological polar surface area (TPSA) is 70.6 Å². The van der Waals surface area contributed by atoms with Crippen LogP contribution in [0.5, 0.6) is 0 Å². The van der Waals surface area contributed by atoms with Crippen LogP contribution in [-0.4, -0.2) is 45.0 Å². The lowest BCUT2D eigenvalue weighted by Gasteiger charge is -2.20. The van der Waals surface area contributed by atoms with Crippen LogP contribution >= 0.6 is 24.0 Å². The van der Waals surface area contributed by atoms with Crippen LogP contribution in [0, 0.1) is 5.92 Å². The second kappa shape index (κ2) is 10.7. The number of sulfone groups is 1. The summed E-state index contributed by atoms with van der Waals surface area (Å²) in [7, 11) is -2.85. The van der Waals surface area contributed by atoms with Crippen molar-refractivity contribution in [1.29, 1.82) is 0 Å². The van der Waals surface area contributed by atoms with Crippen LogP contribution in [0.1, 0.15) is 58.3 Å². The van der Waals surface area contributed by atoms with Crippen molar-refractivity contribution >= 4 is 39.8 Å². The standard InChI is InChI=1S/C16H31N3O2S.HI/c1-2-17-16(19-15-10-11-22(20,21)13-15)18-12-14-8-6-4-3-5-7-9-14;/h14-15H,2-13H2,1H3,(H2,17,18,19);1H. The molecular weight excluding hydrogens is 425 g/mol. The highest BCUT2D eigenvalue weighted by Gasteiger charge is 2.28. The summed E-state index contributed by atoms with van der Waals surface area (Å²) in [5, 5.41) is 6.55. The molecule has 1 aliphatic heterocycles. The van der Waals surface area contributed by atoms with E-state index in [4.69, 9.17) is 4.99 Å². The lowest BCUT2D eigenvalue weighted by Crippen LogP contribution is -2.44. The van der Waals surface area contributed by atoms with Crippen molar-refractivity contribution in [2.75, 3.05) is 24.6 Å². The number of halogens is 1. The van der Waals surface area contributed by atoms with E-state index in [9.17, 15) is 8.42 Å². The minimum atomic E-state index is -2.85. The first-order valence-corrected chi connectivity index (χ1v) is 10.7. The Morgan fingerprint density at radius 2 is 1.74 bits per heavy atom. The highest BCUT2D eigenvalue weighted by atomic mass is 127. The number of rotatable bonds is 4. The predicted octanol–water partition coefficient (Wildman–Crippen LogP) is 2.71. The zero-order valence-electron chi connectivity index (χ0n) is 14.2. The zero-order valence-corrected chi connectivity index (χ0v) is 17.4. The molecule has 0 spiro atoms. The summed E-state index contributed by atoms with van der Waals surface area (Å²) in [6, 6.07) is 0.0140. The van der Waals surface area contributed by atoms with E-state index < -0.39 is 9.84 Å². The van der Waals surface area contributed by atoms with Crippen LogP contribution in [0.2, 0.25) is 0 Å². The van der Waals surface area contributed by atoms with Gasteiger partial charge in [-0.25, -0.2) is 8.42 Å². The lowest BCUT2D eigenvalue weighted by molar-refractivity contribution is 0.385. The fourth-order valence-corrected chi connectivity index (χ4v) is 5.04. The van der Waals surface area contributed by atoms with Crippen LogP contribution in [-0.2, 0) is 9.84 Å². The number of hydrogen-bond acceptors (Lipinski definition) is 3. The van der Waals surface area contributed by atoms with Gasteiger partial charge < -0.3 is 10.6 Å². The third kappa shape index (κ3) is 8.05. The first kappa shape index (κ1) is 21.0. The molecule has 2 aliphatic rings. The van der Waals surface area contributed by atoms with Gasteiger partial charge in [0, 0.05) is 19.1 Å². The Bertz CT molecular complexity index is 460. The molecule has 1 aliphatic carbocycles. The largest absolute Gasteiger partial charge is 0.357 e. The molecule has 7 heteroatoms. The molecule has 0 aromatic rings. The fourth-order valence-electron chi connectivity index (χ4n) is 3.37. The molecule has 0 bridgehead atoms. The summed E-state index contributed by atoms with van der Waals surface area (Å²) in [6.45, 7) is 3.70. The molecule has 0 radical (unpaired) electrons. The normalized spacial score (nSPS) is 26.0. The van der Waals surface area contributed by atoms with Crippen LogP contribution in [0.3, 0.4) is 0 Å². The molecule has 1 atom stereocenters. The molecule has 1 saturated heterocycles. The van der Waals surface area contributed by atoms with Gasteiger partial charge in [0.15, 0.2) is 15.8 Å². The first-order chi connectivity index (χ1) is 10.6. The highest BCUT2D eigenvalue weighted by molar-refractivity contribution is 14.0. The van der Waals surface area contributed by atoms with E-state index in [1.54, 1.807) is 0 Å². The van der Waals surface area contributed by atoms with Crippen LogP contribution < -0.4 is 10.6 Å². The van der Waals surface area contributed by atoms with E-state index in [0.717, 1.165) is 19.0 Å². The Morgan fingerprint density at radius 3 is 2.30 bits per heavy atom. The number of aliphatic imine (C=N–C) groups is 1. The van der Waals surface area contributed by atoms with Gasteiger partial charge in [0.2, 0.25) is 0 Å². The molecule has 23 heavy (non-hydrogen) atoms. The molecule has 1 unspecified atom stereocenters. The summed E-state index contributed by atoms with van der Waals surface area (Å²) < 4.78 is 23.1. The highest BCUT2D eigenvalue weighted by Crippen LogP contribution is 2.22. The minimum absolute atomic E-state index is 0. The van der Waals surface area contributed by atoms with Crippen molar-refractivity contribution in [2.45, 2.75) is 64.3 Å². The molecule has 1 saturated carbocycles. The summed E-state index contributed by atoms with van der Waals surface area (Å²) in [5.41, 5.74) is 0. The Hall–Kier alpha value is -0.0500. The van der Waals surface area contributed by atoms with Crippen molar-refractivity contribution in [2.24, 2.45) is 10.9 Å². The number of nitrogens with zero attached hydrogens (tertiary/aromatic N) is 1.